The molecule has 0 fully saturated rings. The summed E-state index contributed by atoms with van der Waals surface area (Å²) in [4.78, 5) is 0. The van der Waals surface area contributed by atoms with Gasteiger partial charge in [0, 0.05) is 19.8 Å². The van der Waals surface area contributed by atoms with Crippen LogP contribution in [-0.2, 0) is 13.6 Å². The molecule has 0 radical (unpaired) electrons. The van der Waals surface area contributed by atoms with Gasteiger partial charge in [0.25, 0.3) is 0 Å². The molecule has 6 heteroatoms. The molecular formula is C9H13N5S. The van der Waals surface area contributed by atoms with E-state index in [4.69, 9.17) is 12.2 Å². The van der Waals surface area contributed by atoms with Crippen LogP contribution in [0.25, 0.3) is 11.4 Å². The van der Waals surface area contributed by atoms with Gasteiger partial charge in [0.2, 0.25) is 0 Å². The van der Waals surface area contributed by atoms with E-state index in [1.165, 1.54) is 0 Å². The summed E-state index contributed by atoms with van der Waals surface area (Å²) in [6, 6.07) is 0. The van der Waals surface area contributed by atoms with Gasteiger partial charge in [-0.25, -0.2) is 0 Å². The molecule has 0 saturated carbocycles. The molecule has 1 N–H and O–H groups in total. The van der Waals surface area contributed by atoms with Gasteiger partial charge in [-0.2, -0.15) is 10.2 Å². The number of aromatic amines is 1. The molecule has 2 aromatic rings. The molecule has 0 amide bonds. The Labute approximate surface area is 92.7 Å². The lowest BCUT2D eigenvalue weighted by Gasteiger charge is -2.01. The molecule has 0 aromatic carbocycles. The van der Waals surface area contributed by atoms with Crippen LogP contribution in [0.2, 0.25) is 0 Å². The maximum atomic E-state index is 5.16. The van der Waals surface area contributed by atoms with Crippen molar-refractivity contribution in [3.05, 3.63) is 17.2 Å². The van der Waals surface area contributed by atoms with Gasteiger partial charge in [-0.05, 0) is 18.6 Å². The lowest BCUT2D eigenvalue weighted by Crippen LogP contribution is -1.99. The molecule has 0 unspecified atom stereocenters. The maximum absolute atomic E-state index is 5.16. The Morgan fingerprint density at radius 1 is 1.53 bits per heavy atom. The van der Waals surface area contributed by atoms with Crippen molar-refractivity contribution < 1.29 is 0 Å². The number of nitrogens with one attached hydrogen (secondary N) is 1. The standard InChI is InChI=1S/C9H13N5S/c1-3-4-14-8(11-12-9(14)15)7-5-10-13(2)6-7/h5-6H,3-4H2,1-2H3,(H,12,15). The van der Waals surface area contributed by atoms with Gasteiger partial charge in [0.1, 0.15) is 0 Å². The summed E-state index contributed by atoms with van der Waals surface area (Å²) in [7, 11) is 1.88. The predicted molar refractivity (Wildman–Crippen MR) is 59.9 cm³/mol. The van der Waals surface area contributed by atoms with Crippen molar-refractivity contribution >= 4 is 12.2 Å². The zero-order valence-electron chi connectivity index (χ0n) is 8.77. The summed E-state index contributed by atoms with van der Waals surface area (Å²) < 4.78 is 4.41. The van der Waals surface area contributed by atoms with E-state index in [0.29, 0.717) is 4.77 Å². The van der Waals surface area contributed by atoms with E-state index in [2.05, 4.69) is 22.2 Å². The highest BCUT2D eigenvalue weighted by Gasteiger charge is 2.09. The van der Waals surface area contributed by atoms with Crippen LogP contribution < -0.4 is 0 Å². The Balaban J connectivity index is 2.48. The minimum absolute atomic E-state index is 0.663. The molecule has 0 saturated heterocycles. The van der Waals surface area contributed by atoms with Gasteiger partial charge in [0.15, 0.2) is 10.6 Å². The molecule has 2 heterocycles. The highest BCUT2D eigenvalue weighted by molar-refractivity contribution is 7.71. The second kappa shape index (κ2) is 3.98. The fraction of sp³-hybridized carbons (Fsp3) is 0.444. The second-order valence-electron chi connectivity index (χ2n) is 3.41. The molecule has 0 spiro atoms. The molecule has 0 aliphatic carbocycles. The molecular weight excluding hydrogens is 210 g/mol. The average Bonchev–Trinajstić information content (AvgIpc) is 2.76. The van der Waals surface area contributed by atoms with E-state index in [9.17, 15) is 0 Å². The molecule has 2 rings (SSSR count). The largest absolute Gasteiger partial charge is 0.300 e. The summed E-state index contributed by atoms with van der Waals surface area (Å²) in [6.45, 7) is 2.99. The average molecular weight is 223 g/mol. The van der Waals surface area contributed by atoms with Crippen LogP contribution in [0.3, 0.4) is 0 Å². The number of H-pyrrole nitrogens is 1. The normalized spacial score (nSPS) is 10.8. The van der Waals surface area contributed by atoms with E-state index >= 15 is 0 Å². The first kappa shape index (κ1) is 10.1. The summed E-state index contributed by atoms with van der Waals surface area (Å²) in [6.07, 6.45) is 4.75. The maximum Gasteiger partial charge on any atom is 0.195 e. The first-order chi connectivity index (χ1) is 7.22. The molecule has 15 heavy (non-hydrogen) atoms. The molecule has 2 aromatic heterocycles. The number of nitrogens with zero attached hydrogens (tertiary/aromatic N) is 4. The van der Waals surface area contributed by atoms with Crippen LogP contribution in [0.5, 0.6) is 0 Å². The van der Waals surface area contributed by atoms with Gasteiger partial charge in [-0.3, -0.25) is 9.78 Å². The molecule has 0 atom stereocenters. The van der Waals surface area contributed by atoms with E-state index in [1.807, 2.05) is 17.8 Å². The number of hydrogen-bond acceptors (Lipinski definition) is 3. The van der Waals surface area contributed by atoms with E-state index in [1.54, 1.807) is 10.9 Å². The lowest BCUT2D eigenvalue weighted by atomic mass is 10.3. The highest BCUT2D eigenvalue weighted by atomic mass is 32.1. The van der Waals surface area contributed by atoms with Crippen LogP contribution in [0.4, 0.5) is 0 Å². The molecule has 80 valence electrons. The van der Waals surface area contributed by atoms with E-state index in [0.717, 1.165) is 24.4 Å². The van der Waals surface area contributed by atoms with Crippen molar-refractivity contribution in [3.63, 3.8) is 0 Å². The Bertz CT molecular complexity index is 507. The minimum atomic E-state index is 0.663. The second-order valence-corrected chi connectivity index (χ2v) is 3.79. The molecule has 0 aliphatic rings. The van der Waals surface area contributed by atoms with Crippen molar-refractivity contribution in [1.29, 1.82) is 0 Å². The number of rotatable bonds is 3. The Kier molecular flexibility index (Phi) is 2.68. The summed E-state index contributed by atoms with van der Waals surface area (Å²) in [5.74, 6) is 0.856. The van der Waals surface area contributed by atoms with E-state index < -0.39 is 0 Å². The molecule has 0 bridgehead atoms. The van der Waals surface area contributed by atoms with E-state index in [-0.39, 0.29) is 0 Å². The van der Waals surface area contributed by atoms with Gasteiger partial charge in [0.05, 0.1) is 11.8 Å². The Hall–Kier alpha value is -1.43. The van der Waals surface area contributed by atoms with Crippen LogP contribution in [0, 0.1) is 4.77 Å². The van der Waals surface area contributed by atoms with Gasteiger partial charge < -0.3 is 4.57 Å². The first-order valence-electron chi connectivity index (χ1n) is 4.86. The quantitative estimate of drug-likeness (QED) is 0.806. The third-order valence-electron chi connectivity index (χ3n) is 2.17. The lowest BCUT2D eigenvalue weighted by molar-refractivity contribution is 0.674. The van der Waals surface area contributed by atoms with Crippen molar-refractivity contribution in [2.45, 2.75) is 19.9 Å². The van der Waals surface area contributed by atoms with Crippen molar-refractivity contribution in [2.24, 2.45) is 7.05 Å². The topological polar surface area (TPSA) is 51.4 Å². The van der Waals surface area contributed by atoms with Crippen molar-refractivity contribution in [3.8, 4) is 11.4 Å². The zero-order chi connectivity index (χ0) is 10.8. The number of hydrogen-bond donors (Lipinski definition) is 1. The van der Waals surface area contributed by atoms with Crippen LogP contribution in [-0.4, -0.2) is 24.5 Å². The monoisotopic (exact) mass is 223 g/mol. The zero-order valence-corrected chi connectivity index (χ0v) is 9.58. The number of aromatic nitrogens is 5. The molecule has 0 aliphatic heterocycles. The van der Waals surface area contributed by atoms with Gasteiger partial charge in [-0.1, -0.05) is 6.92 Å². The van der Waals surface area contributed by atoms with Gasteiger partial charge in [-0.15, -0.1) is 0 Å². The van der Waals surface area contributed by atoms with Crippen molar-refractivity contribution in [2.75, 3.05) is 0 Å². The fourth-order valence-electron chi connectivity index (χ4n) is 1.51. The Morgan fingerprint density at radius 3 is 2.93 bits per heavy atom. The first-order valence-corrected chi connectivity index (χ1v) is 5.27. The van der Waals surface area contributed by atoms with Crippen LogP contribution >= 0.6 is 12.2 Å². The highest BCUT2D eigenvalue weighted by Crippen LogP contribution is 2.16. The summed E-state index contributed by atoms with van der Waals surface area (Å²) >= 11 is 5.16. The van der Waals surface area contributed by atoms with Crippen molar-refractivity contribution in [1.82, 2.24) is 24.5 Å². The minimum Gasteiger partial charge on any atom is -0.300 e. The fourth-order valence-corrected chi connectivity index (χ4v) is 1.73. The van der Waals surface area contributed by atoms with Crippen LogP contribution in [0.15, 0.2) is 12.4 Å². The van der Waals surface area contributed by atoms with Gasteiger partial charge >= 0.3 is 0 Å². The smallest absolute Gasteiger partial charge is 0.195 e. The molecule has 5 nitrogen and oxygen atoms in total. The number of aryl methyl sites for hydroxylation is 1. The third kappa shape index (κ3) is 1.85. The Morgan fingerprint density at radius 2 is 2.33 bits per heavy atom. The third-order valence-corrected chi connectivity index (χ3v) is 2.48. The summed E-state index contributed by atoms with van der Waals surface area (Å²) in [5.41, 5.74) is 0.985. The van der Waals surface area contributed by atoms with Crippen LogP contribution in [0.1, 0.15) is 13.3 Å². The predicted octanol–water partition coefficient (Wildman–Crippen LogP) is 1.75. The summed E-state index contributed by atoms with van der Waals surface area (Å²) in [5, 5.41) is 11.1. The SMILES string of the molecule is CCCn1c(-c2cnn(C)c2)n[nH]c1=S.